The van der Waals surface area contributed by atoms with Crippen LogP contribution in [0.25, 0.3) is 0 Å². The van der Waals surface area contributed by atoms with Crippen molar-refractivity contribution in [1.29, 1.82) is 0 Å². The topological polar surface area (TPSA) is 44.5 Å². The molecule has 1 atom stereocenters. The monoisotopic (exact) mass is 269 g/mol. The molecule has 18 heavy (non-hydrogen) atoms. The van der Waals surface area contributed by atoms with Gasteiger partial charge in [0, 0.05) is 12.1 Å². The van der Waals surface area contributed by atoms with Gasteiger partial charge in [-0.2, -0.15) is 0 Å². The highest BCUT2D eigenvalue weighted by atomic mass is 35.5. The first-order chi connectivity index (χ1) is 8.20. The zero-order chi connectivity index (χ0) is 13.6. The van der Waals surface area contributed by atoms with Crippen molar-refractivity contribution in [2.24, 2.45) is 0 Å². The van der Waals surface area contributed by atoms with Gasteiger partial charge in [-0.3, -0.25) is 0 Å². The van der Waals surface area contributed by atoms with E-state index in [1.807, 2.05) is 13.8 Å². The quantitative estimate of drug-likeness (QED) is 0.834. The maximum atomic E-state index is 6.13. The Kier molecular flexibility index (Phi) is 3.24. The molecule has 1 unspecified atom stereocenters. The van der Waals surface area contributed by atoms with Gasteiger partial charge < -0.3 is 15.2 Å². The summed E-state index contributed by atoms with van der Waals surface area (Å²) in [4.78, 5) is 0. The molecule has 1 saturated heterocycles. The molecule has 0 bridgehead atoms. The molecule has 2 rings (SSSR count). The van der Waals surface area contributed by atoms with Crippen LogP contribution in [0.5, 0.6) is 5.75 Å². The van der Waals surface area contributed by atoms with Crippen LogP contribution < -0.4 is 10.5 Å². The van der Waals surface area contributed by atoms with Gasteiger partial charge in [-0.1, -0.05) is 11.6 Å². The van der Waals surface area contributed by atoms with Crippen LogP contribution in [0.1, 0.15) is 34.1 Å². The van der Waals surface area contributed by atoms with E-state index in [1.165, 1.54) is 0 Å². The molecule has 0 spiro atoms. The van der Waals surface area contributed by atoms with E-state index in [4.69, 9.17) is 26.8 Å². The highest BCUT2D eigenvalue weighted by molar-refractivity contribution is 6.32. The summed E-state index contributed by atoms with van der Waals surface area (Å²) in [6.07, 6.45) is 0.814. The number of hydrogen-bond donors (Lipinski definition) is 1. The van der Waals surface area contributed by atoms with Crippen molar-refractivity contribution in [1.82, 2.24) is 0 Å². The minimum atomic E-state index is -0.325. The highest BCUT2D eigenvalue weighted by Gasteiger charge is 2.47. The third-order valence-corrected chi connectivity index (χ3v) is 3.51. The Labute approximate surface area is 113 Å². The molecule has 100 valence electrons. The summed E-state index contributed by atoms with van der Waals surface area (Å²) in [6.45, 7) is 8.22. The smallest absolute Gasteiger partial charge is 0.138 e. The predicted molar refractivity (Wildman–Crippen MR) is 74.1 cm³/mol. The lowest BCUT2D eigenvalue weighted by atomic mass is 9.97. The van der Waals surface area contributed by atoms with Crippen molar-refractivity contribution in [2.75, 3.05) is 5.73 Å². The fraction of sp³-hybridized carbons (Fsp3) is 0.571. The lowest BCUT2D eigenvalue weighted by Crippen LogP contribution is -2.36. The van der Waals surface area contributed by atoms with E-state index >= 15 is 0 Å². The van der Waals surface area contributed by atoms with Crippen molar-refractivity contribution in [3.8, 4) is 5.75 Å². The van der Waals surface area contributed by atoms with Crippen molar-refractivity contribution in [2.45, 2.75) is 51.4 Å². The number of halogens is 1. The van der Waals surface area contributed by atoms with E-state index in [2.05, 4.69) is 13.8 Å². The Bertz CT molecular complexity index is 457. The third-order valence-electron chi connectivity index (χ3n) is 3.22. The molecule has 0 aliphatic carbocycles. The van der Waals surface area contributed by atoms with Crippen molar-refractivity contribution in [3.05, 3.63) is 23.2 Å². The first-order valence-electron chi connectivity index (χ1n) is 6.11. The van der Waals surface area contributed by atoms with Crippen molar-refractivity contribution >= 4 is 17.3 Å². The maximum absolute atomic E-state index is 6.13. The Morgan fingerprint density at radius 1 is 1.33 bits per heavy atom. The van der Waals surface area contributed by atoms with E-state index in [0.29, 0.717) is 16.5 Å². The van der Waals surface area contributed by atoms with Crippen LogP contribution in [0.2, 0.25) is 5.02 Å². The average molecular weight is 270 g/mol. The second kappa shape index (κ2) is 4.32. The molecule has 1 heterocycles. The van der Waals surface area contributed by atoms with Crippen LogP contribution in [0, 0.1) is 0 Å². The van der Waals surface area contributed by atoms with Gasteiger partial charge in [-0.25, -0.2) is 0 Å². The van der Waals surface area contributed by atoms with Crippen LogP contribution in [0.3, 0.4) is 0 Å². The molecular weight excluding hydrogens is 250 g/mol. The normalized spacial score (nSPS) is 25.1. The molecule has 1 aliphatic rings. The Hall–Kier alpha value is -0.930. The molecule has 0 radical (unpaired) electrons. The summed E-state index contributed by atoms with van der Waals surface area (Å²) in [5.74, 6) is 0.658. The summed E-state index contributed by atoms with van der Waals surface area (Å²) in [5, 5.41) is 0.538. The number of nitrogen functional groups attached to an aromatic ring is 1. The summed E-state index contributed by atoms with van der Waals surface area (Å²) in [6, 6.07) is 5.29. The zero-order valence-electron chi connectivity index (χ0n) is 11.3. The van der Waals surface area contributed by atoms with Gasteiger partial charge in [0.15, 0.2) is 0 Å². The lowest BCUT2D eigenvalue weighted by Gasteiger charge is -2.27. The lowest BCUT2D eigenvalue weighted by molar-refractivity contribution is -0.0845. The average Bonchev–Trinajstić information content (AvgIpc) is 2.39. The fourth-order valence-electron chi connectivity index (χ4n) is 2.46. The number of nitrogens with two attached hydrogens (primary N) is 1. The summed E-state index contributed by atoms with van der Waals surface area (Å²) in [5.41, 5.74) is 5.80. The van der Waals surface area contributed by atoms with Crippen LogP contribution in [0.15, 0.2) is 18.2 Å². The summed E-state index contributed by atoms with van der Waals surface area (Å²) >= 11 is 6.13. The number of ether oxygens (including phenoxy) is 2. The van der Waals surface area contributed by atoms with Gasteiger partial charge in [0.05, 0.1) is 10.6 Å². The molecule has 0 aromatic heterocycles. The fourth-order valence-corrected chi connectivity index (χ4v) is 2.69. The Morgan fingerprint density at radius 3 is 2.50 bits per heavy atom. The number of anilines is 1. The van der Waals surface area contributed by atoms with E-state index in [0.717, 1.165) is 6.42 Å². The van der Waals surface area contributed by atoms with Crippen LogP contribution >= 0.6 is 11.6 Å². The molecule has 0 amide bonds. The minimum absolute atomic E-state index is 0.0198. The first kappa shape index (κ1) is 13.5. The highest BCUT2D eigenvalue weighted by Crippen LogP contribution is 2.40. The summed E-state index contributed by atoms with van der Waals surface area (Å²) < 4.78 is 12.0. The summed E-state index contributed by atoms with van der Waals surface area (Å²) in [7, 11) is 0. The van der Waals surface area contributed by atoms with Gasteiger partial charge in [-0.15, -0.1) is 0 Å². The van der Waals surface area contributed by atoms with Crippen molar-refractivity contribution in [3.63, 3.8) is 0 Å². The molecular formula is C14H20ClNO2. The molecule has 1 fully saturated rings. The zero-order valence-corrected chi connectivity index (χ0v) is 12.0. The van der Waals surface area contributed by atoms with Crippen molar-refractivity contribution < 1.29 is 9.47 Å². The molecule has 0 saturated carbocycles. The maximum Gasteiger partial charge on any atom is 0.138 e. The van der Waals surface area contributed by atoms with Gasteiger partial charge in [-0.05, 0) is 45.9 Å². The standard InChI is InChI=1S/C14H20ClNO2/c1-13(2)8-12(14(3,4)18-13)17-11-6-5-9(16)7-10(11)15/h5-7,12H,8,16H2,1-4H3. The molecule has 1 aromatic rings. The van der Waals surface area contributed by atoms with Gasteiger partial charge in [0.2, 0.25) is 0 Å². The predicted octanol–water partition coefficient (Wildman–Crippen LogP) is 3.65. The Balaban J connectivity index is 2.19. The SMILES string of the molecule is CC1(C)CC(Oc2ccc(N)cc2Cl)C(C)(C)O1. The molecule has 1 aromatic carbocycles. The van der Waals surface area contributed by atoms with Gasteiger partial charge >= 0.3 is 0 Å². The molecule has 4 heteroatoms. The number of hydrogen-bond acceptors (Lipinski definition) is 3. The molecule has 1 aliphatic heterocycles. The van der Waals surface area contributed by atoms with Crippen LogP contribution in [0.4, 0.5) is 5.69 Å². The first-order valence-corrected chi connectivity index (χ1v) is 6.49. The number of benzene rings is 1. The van der Waals surface area contributed by atoms with Crippen LogP contribution in [-0.2, 0) is 4.74 Å². The largest absolute Gasteiger partial charge is 0.486 e. The molecule has 3 nitrogen and oxygen atoms in total. The second-order valence-corrected chi connectivity index (χ2v) is 6.37. The second-order valence-electron chi connectivity index (χ2n) is 5.97. The van der Waals surface area contributed by atoms with Gasteiger partial charge in [0.25, 0.3) is 0 Å². The van der Waals surface area contributed by atoms with E-state index < -0.39 is 0 Å². The van der Waals surface area contributed by atoms with Gasteiger partial charge in [0.1, 0.15) is 17.5 Å². The van der Waals surface area contributed by atoms with E-state index in [1.54, 1.807) is 18.2 Å². The van der Waals surface area contributed by atoms with E-state index in [-0.39, 0.29) is 17.3 Å². The number of rotatable bonds is 2. The van der Waals surface area contributed by atoms with E-state index in [9.17, 15) is 0 Å². The minimum Gasteiger partial charge on any atom is -0.486 e. The van der Waals surface area contributed by atoms with Crippen LogP contribution in [-0.4, -0.2) is 17.3 Å². The molecule has 2 N–H and O–H groups in total. The Morgan fingerprint density at radius 2 is 2.00 bits per heavy atom. The third kappa shape index (κ3) is 2.73.